The summed E-state index contributed by atoms with van der Waals surface area (Å²) in [7, 11) is 0. The minimum atomic E-state index is -1.33. The Balaban J connectivity index is 1.38. The van der Waals surface area contributed by atoms with Crippen molar-refractivity contribution in [2.24, 2.45) is 0 Å². The smallest absolute Gasteiger partial charge is 0.414 e. The summed E-state index contributed by atoms with van der Waals surface area (Å²) < 4.78 is 34.8. The number of benzene rings is 4. The Morgan fingerprint density at radius 3 is 0.959 bits per heavy atom. The molecule has 18 heteroatoms. The van der Waals surface area contributed by atoms with Crippen LogP contribution in [0.15, 0.2) is 121 Å². The lowest BCUT2D eigenvalue weighted by atomic mass is 9.89. The van der Waals surface area contributed by atoms with Crippen molar-refractivity contribution in [3.8, 4) is 0 Å². The number of hydrogen-bond acceptors (Lipinski definition) is 14. The highest BCUT2D eigenvalue weighted by atomic mass is 16.6. The number of nitrogens with one attached hydrogen (secondary N) is 6. The fourth-order valence-corrected chi connectivity index (χ4v) is 7.81. The number of carbonyl (C=O) groups excluding carboxylic acids is 6. The predicted octanol–water partition coefficient (Wildman–Crippen LogP) is 6.15. The van der Waals surface area contributed by atoms with Crippen molar-refractivity contribution < 1.29 is 57.2 Å². The van der Waals surface area contributed by atoms with E-state index in [2.05, 4.69) is 31.9 Å². The number of rotatable bonds is 26. The van der Waals surface area contributed by atoms with Crippen molar-refractivity contribution in [1.82, 2.24) is 31.9 Å². The van der Waals surface area contributed by atoms with Crippen molar-refractivity contribution in [2.75, 3.05) is 26.4 Å². The van der Waals surface area contributed by atoms with Crippen LogP contribution in [0.4, 0.5) is 9.59 Å². The van der Waals surface area contributed by atoms with E-state index in [9.17, 15) is 28.8 Å². The van der Waals surface area contributed by atoms with E-state index in [4.69, 9.17) is 28.4 Å². The first-order chi connectivity index (χ1) is 35.4. The Morgan fingerprint density at radius 2 is 0.689 bits per heavy atom. The van der Waals surface area contributed by atoms with Crippen LogP contribution in [-0.2, 0) is 74.0 Å². The van der Waals surface area contributed by atoms with Crippen LogP contribution in [0.3, 0.4) is 0 Å². The van der Waals surface area contributed by atoms with Crippen LogP contribution in [0.25, 0.3) is 0 Å². The molecule has 18 nitrogen and oxygen atoms in total. The highest BCUT2D eigenvalue weighted by molar-refractivity contribution is 5.98. The van der Waals surface area contributed by atoms with Crippen molar-refractivity contribution >= 4 is 35.8 Å². The van der Waals surface area contributed by atoms with Gasteiger partial charge < -0.3 is 39.1 Å². The van der Waals surface area contributed by atoms with E-state index in [-0.39, 0.29) is 52.9 Å². The van der Waals surface area contributed by atoms with Crippen LogP contribution >= 0.6 is 0 Å². The van der Waals surface area contributed by atoms with E-state index in [0.29, 0.717) is 12.8 Å². The molecule has 1 saturated carbocycles. The van der Waals surface area contributed by atoms with Gasteiger partial charge in [-0.1, -0.05) is 134 Å². The number of amides is 6. The fourth-order valence-electron chi connectivity index (χ4n) is 7.81. The SMILES string of the molecule is CC(C)(C)OC(=O)NC(=O)[C@@H](COCc1ccccc1)NC(=O)[C@H](COCc1ccccc1)N[C@H]1CCCC[C@@H]1N[C@@H](COCc1ccccc1)C(=O)N[C@H](COCc1ccccc1)C(=O)NC(=O)OC(C)(C)C. The van der Waals surface area contributed by atoms with Gasteiger partial charge in [0.05, 0.1) is 52.9 Å². The summed E-state index contributed by atoms with van der Waals surface area (Å²) in [5, 5.41) is 17.0. The van der Waals surface area contributed by atoms with E-state index in [1.807, 2.05) is 121 Å². The van der Waals surface area contributed by atoms with Gasteiger partial charge in [-0.2, -0.15) is 0 Å². The molecule has 1 aliphatic rings. The predicted molar refractivity (Wildman–Crippen MR) is 277 cm³/mol. The Morgan fingerprint density at radius 1 is 0.419 bits per heavy atom. The summed E-state index contributed by atoms with van der Waals surface area (Å²) in [5.41, 5.74) is 1.63. The molecule has 1 fully saturated rings. The van der Waals surface area contributed by atoms with Gasteiger partial charge in [0, 0.05) is 12.1 Å². The zero-order valence-corrected chi connectivity index (χ0v) is 43.4. The maximum atomic E-state index is 14.6. The van der Waals surface area contributed by atoms with Crippen LogP contribution < -0.4 is 31.9 Å². The first-order valence-corrected chi connectivity index (χ1v) is 25.1. The fraction of sp³-hybridized carbons (Fsp3) is 0.464. The maximum Gasteiger partial charge on any atom is 0.414 e. The van der Waals surface area contributed by atoms with Crippen molar-refractivity contribution in [1.29, 1.82) is 0 Å². The second kappa shape index (κ2) is 30.0. The highest BCUT2D eigenvalue weighted by Crippen LogP contribution is 2.21. The van der Waals surface area contributed by atoms with Gasteiger partial charge in [0.1, 0.15) is 35.4 Å². The molecule has 4 aromatic rings. The normalized spacial score (nSPS) is 16.4. The van der Waals surface area contributed by atoms with E-state index in [0.717, 1.165) is 35.1 Å². The Bertz CT molecular complexity index is 2180. The van der Waals surface area contributed by atoms with E-state index in [1.165, 1.54) is 0 Å². The zero-order chi connectivity index (χ0) is 53.4. The standard InChI is InChI=1S/C56H74N6O12/c1-55(2,3)73-53(67)61-51(65)47(37-71-33-41-25-15-9-16-26-41)59-49(63)45(35-69-31-39-21-11-7-12-22-39)57-43-29-19-20-30-44(43)58-46(36-70-32-40-23-13-8-14-24-40)50(64)60-48(38-72-34-42-27-17-10-18-28-42)52(66)62-54(68)74-56(4,5)6/h7-18,21-28,43-48,57-58H,19-20,29-38H2,1-6H3,(H,59,63)(H,60,64)(H,61,65,67)(H,62,66,68)/t43-,44-,45-,46-,47+,48+/m0/s1. The molecule has 0 bridgehead atoms. The van der Waals surface area contributed by atoms with Gasteiger partial charge in [0.25, 0.3) is 11.8 Å². The third-order valence-corrected chi connectivity index (χ3v) is 11.3. The average Bonchev–Trinajstić information content (AvgIpc) is 3.35. The lowest BCUT2D eigenvalue weighted by Crippen LogP contribution is -2.63. The third kappa shape index (κ3) is 22.3. The Hall–Kier alpha value is -6.54. The van der Waals surface area contributed by atoms with Gasteiger partial charge in [0.2, 0.25) is 11.8 Å². The van der Waals surface area contributed by atoms with Crippen molar-refractivity contribution in [3.05, 3.63) is 144 Å². The molecule has 4 aromatic carbocycles. The average molecular weight is 1020 g/mol. The Labute approximate surface area is 434 Å². The lowest BCUT2D eigenvalue weighted by Gasteiger charge is -2.37. The second-order valence-electron chi connectivity index (χ2n) is 20.0. The van der Waals surface area contributed by atoms with Crippen LogP contribution in [0.1, 0.15) is 89.5 Å². The van der Waals surface area contributed by atoms with Gasteiger partial charge in [-0.25, -0.2) is 9.59 Å². The summed E-state index contributed by atoms with van der Waals surface area (Å²) in [5.74, 6) is -2.89. The molecule has 6 N–H and O–H groups in total. The first-order valence-electron chi connectivity index (χ1n) is 25.1. The molecule has 0 unspecified atom stereocenters. The maximum absolute atomic E-state index is 14.6. The largest absolute Gasteiger partial charge is 0.444 e. The van der Waals surface area contributed by atoms with Gasteiger partial charge in [-0.05, 0) is 76.6 Å². The lowest BCUT2D eigenvalue weighted by molar-refractivity contribution is -0.133. The molecule has 1 aliphatic carbocycles. The molecular formula is C56H74N6O12. The van der Waals surface area contributed by atoms with Crippen LogP contribution in [0.5, 0.6) is 0 Å². The monoisotopic (exact) mass is 1020 g/mol. The number of imide groups is 2. The van der Waals surface area contributed by atoms with Crippen LogP contribution in [0, 0.1) is 0 Å². The van der Waals surface area contributed by atoms with E-state index < -0.39 is 83.3 Å². The quantitative estimate of drug-likeness (QED) is 0.0415. The van der Waals surface area contributed by atoms with Gasteiger partial charge in [0.15, 0.2) is 0 Å². The molecule has 0 heterocycles. The number of hydrogen-bond donors (Lipinski definition) is 6. The Kier molecular flexibility index (Phi) is 23.6. The summed E-state index contributed by atoms with van der Waals surface area (Å²) >= 11 is 0. The van der Waals surface area contributed by atoms with Gasteiger partial charge in [-0.3, -0.25) is 40.4 Å². The molecule has 6 amide bonds. The van der Waals surface area contributed by atoms with E-state index >= 15 is 0 Å². The first kappa shape index (κ1) is 58.4. The molecule has 5 rings (SSSR count). The van der Waals surface area contributed by atoms with Gasteiger partial charge in [-0.15, -0.1) is 0 Å². The van der Waals surface area contributed by atoms with Gasteiger partial charge >= 0.3 is 12.2 Å². The molecule has 74 heavy (non-hydrogen) atoms. The molecular weight excluding hydrogens is 949 g/mol. The second-order valence-corrected chi connectivity index (χ2v) is 20.0. The summed E-state index contributed by atoms with van der Waals surface area (Å²) in [6.07, 6.45) is 0.768. The number of ether oxygens (including phenoxy) is 6. The minimum Gasteiger partial charge on any atom is -0.444 e. The number of carbonyl (C=O) groups is 6. The molecule has 6 atom stereocenters. The summed E-state index contributed by atoms with van der Waals surface area (Å²) in [6.45, 7) is 9.79. The van der Waals surface area contributed by atoms with Crippen LogP contribution in [0.2, 0.25) is 0 Å². The topological polar surface area (TPSA) is 230 Å². The third-order valence-electron chi connectivity index (χ3n) is 11.3. The molecule has 0 radical (unpaired) electrons. The summed E-state index contributed by atoms with van der Waals surface area (Å²) in [6, 6.07) is 31.9. The molecule has 0 aliphatic heterocycles. The molecule has 0 saturated heterocycles. The molecule has 0 aromatic heterocycles. The molecule has 400 valence electrons. The zero-order valence-electron chi connectivity index (χ0n) is 43.4. The van der Waals surface area contributed by atoms with Crippen molar-refractivity contribution in [2.45, 2.75) is 141 Å². The van der Waals surface area contributed by atoms with Crippen molar-refractivity contribution in [3.63, 3.8) is 0 Å². The molecule has 0 spiro atoms. The minimum absolute atomic E-state index is 0.128. The highest BCUT2D eigenvalue weighted by Gasteiger charge is 2.36. The number of alkyl carbamates (subject to hydrolysis) is 2. The summed E-state index contributed by atoms with van der Waals surface area (Å²) in [4.78, 5) is 82.1. The van der Waals surface area contributed by atoms with Crippen LogP contribution in [-0.4, -0.2) is 110 Å². The van der Waals surface area contributed by atoms with E-state index in [1.54, 1.807) is 41.5 Å².